The maximum atomic E-state index is 11.9. The summed E-state index contributed by atoms with van der Waals surface area (Å²) in [5, 5.41) is 15.3. The van der Waals surface area contributed by atoms with Crippen molar-refractivity contribution in [3.8, 4) is 0 Å². The van der Waals surface area contributed by atoms with Gasteiger partial charge in [-0.15, -0.1) is 0 Å². The SMILES string of the molecule is CC(C)(C)C(=O)NCCCC(=O)NC1CCCC1(C)CO. The van der Waals surface area contributed by atoms with E-state index < -0.39 is 5.41 Å². The minimum Gasteiger partial charge on any atom is -0.396 e. The van der Waals surface area contributed by atoms with E-state index in [4.69, 9.17) is 0 Å². The molecule has 1 fully saturated rings. The van der Waals surface area contributed by atoms with Gasteiger partial charge < -0.3 is 15.7 Å². The van der Waals surface area contributed by atoms with Gasteiger partial charge >= 0.3 is 0 Å². The monoisotopic (exact) mass is 298 g/mol. The zero-order valence-electron chi connectivity index (χ0n) is 13.8. The van der Waals surface area contributed by atoms with Crippen molar-refractivity contribution in [2.45, 2.75) is 65.8 Å². The molecule has 0 aromatic carbocycles. The summed E-state index contributed by atoms with van der Waals surface area (Å²) in [6.07, 6.45) is 3.97. The highest BCUT2D eigenvalue weighted by molar-refractivity contribution is 5.81. The molecule has 122 valence electrons. The van der Waals surface area contributed by atoms with Gasteiger partial charge in [0.15, 0.2) is 0 Å². The minimum absolute atomic E-state index is 0.00607. The van der Waals surface area contributed by atoms with Gasteiger partial charge in [-0.05, 0) is 19.3 Å². The van der Waals surface area contributed by atoms with E-state index in [0.717, 1.165) is 19.3 Å². The molecule has 1 rings (SSSR count). The van der Waals surface area contributed by atoms with Crippen molar-refractivity contribution in [2.75, 3.05) is 13.2 Å². The second kappa shape index (κ2) is 7.25. The van der Waals surface area contributed by atoms with Crippen molar-refractivity contribution in [2.24, 2.45) is 10.8 Å². The molecule has 2 atom stereocenters. The summed E-state index contributed by atoms with van der Waals surface area (Å²) >= 11 is 0. The highest BCUT2D eigenvalue weighted by Gasteiger charge is 2.38. The van der Waals surface area contributed by atoms with Gasteiger partial charge in [-0.25, -0.2) is 0 Å². The number of aliphatic hydroxyl groups excluding tert-OH is 1. The molecule has 3 N–H and O–H groups in total. The highest BCUT2D eigenvalue weighted by Crippen LogP contribution is 2.37. The van der Waals surface area contributed by atoms with Crippen LogP contribution in [0.4, 0.5) is 0 Å². The first-order chi connectivity index (χ1) is 9.69. The molecule has 0 spiro atoms. The quantitative estimate of drug-likeness (QED) is 0.652. The first-order valence-corrected chi connectivity index (χ1v) is 7.87. The average Bonchev–Trinajstić information content (AvgIpc) is 2.75. The van der Waals surface area contributed by atoms with Gasteiger partial charge in [0.25, 0.3) is 0 Å². The van der Waals surface area contributed by atoms with Crippen LogP contribution in [0.15, 0.2) is 0 Å². The number of carbonyl (C=O) groups is 2. The Kier molecular flexibility index (Phi) is 6.20. The number of aliphatic hydroxyl groups is 1. The Morgan fingerprint density at radius 1 is 1.33 bits per heavy atom. The maximum Gasteiger partial charge on any atom is 0.225 e. The van der Waals surface area contributed by atoms with E-state index in [9.17, 15) is 14.7 Å². The van der Waals surface area contributed by atoms with Gasteiger partial charge in [0, 0.05) is 29.8 Å². The Balaban J connectivity index is 2.25. The zero-order valence-corrected chi connectivity index (χ0v) is 13.8. The summed E-state index contributed by atoms with van der Waals surface area (Å²) in [7, 11) is 0. The fraction of sp³-hybridized carbons (Fsp3) is 0.875. The van der Waals surface area contributed by atoms with E-state index in [1.165, 1.54) is 0 Å². The molecule has 0 saturated heterocycles. The summed E-state index contributed by atoms with van der Waals surface area (Å²) < 4.78 is 0. The standard InChI is InChI=1S/C16H30N2O3/c1-15(2,3)14(21)17-10-6-8-13(20)18-12-7-5-9-16(12,4)11-19/h12,19H,5-11H2,1-4H3,(H,17,21)(H,18,20). The lowest BCUT2D eigenvalue weighted by Gasteiger charge is -2.30. The van der Waals surface area contributed by atoms with Gasteiger partial charge in [0.1, 0.15) is 0 Å². The van der Waals surface area contributed by atoms with Gasteiger partial charge in [-0.2, -0.15) is 0 Å². The van der Waals surface area contributed by atoms with E-state index >= 15 is 0 Å². The van der Waals surface area contributed by atoms with Crippen molar-refractivity contribution < 1.29 is 14.7 Å². The van der Waals surface area contributed by atoms with Crippen LogP contribution < -0.4 is 10.6 Å². The second-order valence-electron chi connectivity index (χ2n) is 7.43. The van der Waals surface area contributed by atoms with Crippen LogP contribution >= 0.6 is 0 Å². The van der Waals surface area contributed by atoms with Gasteiger partial charge in [-0.3, -0.25) is 9.59 Å². The van der Waals surface area contributed by atoms with Gasteiger partial charge in [0.05, 0.1) is 6.61 Å². The number of hydrogen-bond acceptors (Lipinski definition) is 3. The number of rotatable bonds is 6. The molecular formula is C16H30N2O3. The first kappa shape index (κ1) is 18.0. The summed E-state index contributed by atoms with van der Waals surface area (Å²) in [4.78, 5) is 23.6. The van der Waals surface area contributed by atoms with Crippen LogP contribution in [0.1, 0.15) is 59.8 Å². The molecule has 1 aliphatic carbocycles. The van der Waals surface area contributed by atoms with Crippen LogP contribution in [0.25, 0.3) is 0 Å². The van der Waals surface area contributed by atoms with Crippen molar-refractivity contribution >= 4 is 11.8 Å². The van der Waals surface area contributed by atoms with Crippen molar-refractivity contribution in [3.63, 3.8) is 0 Å². The number of amides is 2. The summed E-state index contributed by atoms with van der Waals surface area (Å²) in [5.41, 5.74) is -0.578. The molecule has 5 heteroatoms. The summed E-state index contributed by atoms with van der Waals surface area (Å²) in [5.74, 6) is 0.0122. The van der Waals surface area contributed by atoms with Crippen molar-refractivity contribution in [3.05, 3.63) is 0 Å². The van der Waals surface area contributed by atoms with E-state index in [1.54, 1.807) is 0 Å². The topological polar surface area (TPSA) is 78.4 Å². The van der Waals surface area contributed by atoms with Crippen LogP contribution in [0.3, 0.4) is 0 Å². The molecule has 0 aliphatic heterocycles. The Labute approximate surface area is 127 Å². The minimum atomic E-state index is -0.394. The van der Waals surface area contributed by atoms with Crippen LogP contribution in [-0.4, -0.2) is 36.1 Å². The number of nitrogens with one attached hydrogen (secondary N) is 2. The summed E-state index contributed by atoms with van der Waals surface area (Å²) in [6, 6.07) is 0.0687. The molecule has 1 aliphatic rings. The molecule has 2 amide bonds. The molecule has 0 aromatic rings. The zero-order chi connectivity index (χ0) is 16.1. The van der Waals surface area contributed by atoms with Crippen LogP contribution in [0.2, 0.25) is 0 Å². The Hall–Kier alpha value is -1.10. The molecule has 1 saturated carbocycles. The normalized spacial score (nSPS) is 25.7. The predicted octanol–water partition coefficient (Wildman–Crippen LogP) is 1.60. The second-order valence-corrected chi connectivity index (χ2v) is 7.43. The fourth-order valence-electron chi connectivity index (χ4n) is 2.65. The van der Waals surface area contributed by atoms with E-state index in [0.29, 0.717) is 19.4 Å². The molecule has 0 radical (unpaired) electrons. The van der Waals surface area contributed by atoms with Crippen LogP contribution in [0.5, 0.6) is 0 Å². The van der Waals surface area contributed by atoms with E-state index in [-0.39, 0.29) is 29.9 Å². The van der Waals surface area contributed by atoms with Gasteiger partial charge in [0.2, 0.25) is 11.8 Å². The lowest BCUT2D eigenvalue weighted by molar-refractivity contribution is -0.129. The van der Waals surface area contributed by atoms with Crippen molar-refractivity contribution in [1.82, 2.24) is 10.6 Å². The number of carbonyl (C=O) groups excluding carboxylic acids is 2. The molecule has 0 bridgehead atoms. The third-order valence-electron chi connectivity index (χ3n) is 4.33. The highest BCUT2D eigenvalue weighted by atomic mass is 16.3. The van der Waals surface area contributed by atoms with Crippen molar-refractivity contribution in [1.29, 1.82) is 0 Å². The van der Waals surface area contributed by atoms with E-state index in [1.807, 2.05) is 27.7 Å². The third kappa shape index (κ3) is 5.30. The van der Waals surface area contributed by atoms with Crippen LogP contribution in [-0.2, 0) is 9.59 Å². The smallest absolute Gasteiger partial charge is 0.225 e. The fourth-order valence-corrected chi connectivity index (χ4v) is 2.65. The molecular weight excluding hydrogens is 268 g/mol. The third-order valence-corrected chi connectivity index (χ3v) is 4.33. The predicted molar refractivity (Wildman–Crippen MR) is 82.7 cm³/mol. The van der Waals surface area contributed by atoms with E-state index in [2.05, 4.69) is 10.6 Å². The molecule has 0 aromatic heterocycles. The molecule has 0 heterocycles. The lowest BCUT2D eigenvalue weighted by Crippen LogP contribution is -2.45. The maximum absolute atomic E-state index is 11.9. The molecule has 5 nitrogen and oxygen atoms in total. The largest absolute Gasteiger partial charge is 0.396 e. The Bertz CT molecular complexity index is 376. The summed E-state index contributed by atoms with van der Waals surface area (Å²) in [6.45, 7) is 8.25. The molecule has 2 unspecified atom stereocenters. The average molecular weight is 298 g/mol. The molecule has 21 heavy (non-hydrogen) atoms. The van der Waals surface area contributed by atoms with Crippen LogP contribution in [0, 0.1) is 10.8 Å². The Morgan fingerprint density at radius 3 is 2.57 bits per heavy atom. The van der Waals surface area contributed by atoms with Gasteiger partial charge in [-0.1, -0.05) is 34.1 Å². The lowest BCUT2D eigenvalue weighted by atomic mass is 9.86. The first-order valence-electron chi connectivity index (χ1n) is 7.87. The number of hydrogen-bond donors (Lipinski definition) is 3. The Morgan fingerprint density at radius 2 is 2.00 bits per heavy atom.